The molecule has 0 saturated carbocycles. The van der Waals surface area contributed by atoms with Gasteiger partial charge in [-0.2, -0.15) is 5.10 Å². The Labute approximate surface area is 101 Å². The lowest BCUT2D eigenvalue weighted by Gasteiger charge is -2.18. The Morgan fingerprint density at radius 2 is 2.47 bits per heavy atom. The Morgan fingerprint density at radius 1 is 1.71 bits per heavy atom. The summed E-state index contributed by atoms with van der Waals surface area (Å²) in [5.41, 5.74) is 1.01. The van der Waals surface area contributed by atoms with Gasteiger partial charge in [0.25, 0.3) is 0 Å². The smallest absolute Gasteiger partial charge is 0.243 e. The van der Waals surface area contributed by atoms with Crippen LogP contribution in [0.15, 0.2) is 18.7 Å². The third kappa shape index (κ3) is 2.49. The number of carbonyl (C=O) groups excluding carboxylic acids is 1. The van der Waals surface area contributed by atoms with E-state index in [1.165, 1.54) is 6.08 Å². The maximum absolute atomic E-state index is 11.2. The molecule has 1 atom stereocenters. The number of aryl methyl sites for hydroxylation is 2. The predicted molar refractivity (Wildman–Crippen MR) is 66.9 cm³/mol. The molecule has 1 aliphatic rings. The van der Waals surface area contributed by atoms with E-state index in [-0.39, 0.29) is 11.9 Å². The van der Waals surface area contributed by atoms with E-state index in [1.807, 2.05) is 18.7 Å². The lowest BCUT2D eigenvalue weighted by atomic mass is 10.2. The number of nitrogens with zero attached hydrogens (tertiary/aromatic N) is 3. The first kappa shape index (κ1) is 11.7. The van der Waals surface area contributed by atoms with E-state index in [0.717, 1.165) is 31.0 Å². The van der Waals surface area contributed by atoms with Crippen LogP contribution in [0, 0.1) is 6.92 Å². The summed E-state index contributed by atoms with van der Waals surface area (Å²) in [7, 11) is 1.94. The van der Waals surface area contributed by atoms with Crippen molar-refractivity contribution in [2.75, 3.05) is 18.0 Å². The number of anilines is 1. The van der Waals surface area contributed by atoms with Crippen molar-refractivity contribution in [3.05, 3.63) is 24.4 Å². The molecule has 5 nitrogen and oxygen atoms in total. The monoisotopic (exact) mass is 234 g/mol. The van der Waals surface area contributed by atoms with Crippen LogP contribution in [0.1, 0.15) is 12.1 Å². The molecular formula is C12H18N4O. The first-order chi connectivity index (χ1) is 8.10. The second-order valence-electron chi connectivity index (χ2n) is 4.41. The van der Waals surface area contributed by atoms with Gasteiger partial charge in [0, 0.05) is 32.2 Å². The van der Waals surface area contributed by atoms with Gasteiger partial charge in [0.15, 0.2) is 0 Å². The Balaban J connectivity index is 2.00. The van der Waals surface area contributed by atoms with Crippen LogP contribution in [0.4, 0.5) is 5.82 Å². The summed E-state index contributed by atoms with van der Waals surface area (Å²) in [6, 6.07) is 2.27. The highest BCUT2D eigenvalue weighted by atomic mass is 16.1. The highest BCUT2D eigenvalue weighted by Gasteiger charge is 2.25. The Hall–Kier alpha value is -1.78. The Bertz CT molecular complexity index is 438. The van der Waals surface area contributed by atoms with Crippen LogP contribution in [0.25, 0.3) is 0 Å². The zero-order valence-corrected chi connectivity index (χ0v) is 10.3. The molecule has 1 aromatic heterocycles. The summed E-state index contributed by atoms with van der Waals surface area (Å²) < 4.78 is 1.88. The molecule has 1 aromatic rings. The van der Waals surface area contributed by atoms with E-state index in [4.69, 9.17) is 0 Å². The predicted octanol–water partition coefficient (Wildman–Crippen LogP) is 0.609. The molecule has 5 heteroatoms. The van der Waals surface area contributed by atoms with Crippen molar-refractivity contribution < 1.29 is 4.79 Å². The third-order valence-corrected chi connectivity index (χ3v) is 3.02. The molecule has 1 fully saturated rings. The van der Waals surface area contributed by atoms with Crippen LogP contribution in [-0.2, 0) is 11.8 Å². The average molecular weight is 234 g/mol. The zero-order chi connectivity index (χ0) is 12.4. The van der Waals surface area contributed by atoms with E-state index in [1.54, 1.807) is 0 Å². The summed E-state index contributed by atoms with van der Waals surface area (Å²) in [5.74, 6) is 1.01. The van der Waals surface area contributed by atoms with Gasteiger partial charge in [-0.3, -0.25) is 9.48 Å². The molecule has 92 valence electrons. The third-order valence-electron chi connectivity index (χ3n) is 3.02. The summed E-state index contributed by atoms with van der Waals surface area (Å²) in [4.78, 5) is 13.5. The molecule has 1 amide bonds. The topological polar surface area (TPSA) is 50.2 Å². The van der Waals surface area contributed by atoms with Gasteiger partial charge in [0.1, 0.15) is 5.82 Å². The van der Waals surface area contributed by atoms with Gasteiger partial charge in [-0.15, -0.1) is 0 Å². The number of carbonyl (C=O) groups is 1. The number of hydrogen-bond acceptors (Lipinski definition) is 3. The molecule has 1 aliphatic heterocycles. The van der Waals surface area contributed by atoms with Crippen molar-refractivity contribution in [2.24, 2.45) is 7.05 Å². The van der Waals surface area contributed by atoms with Gasteiger partial charge in [0.05, 0.1) is 5.69 Å². The molecule has 0 radical (unpaired) electrons. The van der Waals surface area contributed by atoms with Crippen molar-refractivity contribution in [3.8, 4) is 0 Å². The fraction of sp³-hybridized carbons (Fsp3) is 0.500. The maximum atomic E-state index is 11.2. The van der Waals surface area contributed by atoms with E-state index in [0.29, 0.717) is 0 Å². The second kappa shape index (κ2) is 4.61. The number of nitrogens with one attached hydrogen (secondary N) is 1. The van der Waals surface area contributed by atoms with E-state index in [2.05, 4.69) is 28.0 Å². The SMILES string of the molecule is C=CC(=O)NC1CCN(c2cc(C)nn2C)C1. The van der Waals surface area contributed by atoms with Crippen LogP contribution in [0.3, 0.4) is 0 Å². The summed E-state index contributed by atoms with van der Waals surface area (Å²) >= 11 is 0. The van der Waals surface area contributed by atoms with Gasteiger partial charge in [-0.05, 0) is 19.4 Å². The fourth-order valence-electron chi connectivity index (χ4n) is 2.24. The van der Waals surface area contributed by atoms with Gasteiger partial charge in [-0.25, -0.2) is 0 Å². The normalized spacial score (nSPS) is 19.4. The van der Waals surface area contributed by atoms with Crippen molar-refractivity contribution in [1.82, 2.24) is 15.1 Å². The standard InChI is InChI=1S/C12H18N4O/c1-4-11(17)13-10-5-6-16(8-10)12-7-9(2)14-15(12)3/h4,7,10H,1,5-6,8H2,2-3H3,(H,13,17). The molecule has 2 heterocycles. The summed E-state index contributed by atoms with van der Waals surface area (Å²) in [6.07, 6.45) is 2.28. The quantitative estimate of drug-likeness (QED) is 0.780. The van der Waals surface area contributed by atoms with Crippen LogP contribution in [-0.4, -0.2) is 34.8 Å². The van der Waals surface area contributed by atoms with Crippen molar-refractivity contribution >= 4 is 11.7 Å². The van der Waals surface area contributed by atoms with Gasteiger partial charge in [0.2, 0.25) is 5.91 Å². The van der Waals surface area contributed by atoms with Gasteiger partial charge in [-0.1, -0.05) is 6.58 Å². The first-order valence-electron chi connectivity index (χ1n) is 5.78. The molecule has 1 N–H and O–H groups in total. The Morgan fingerprint density at radius 3 is 3.06 bits per heavy atom. The lowest BCUT2D eigenvalue weighted by Crippen LogP contribution is -2.36. The highest BCUT2D eigenvalue weighted by Crippen LogP contribution is 2.20. The first-order valence-corrected chi connectivity index (χ1v) is 5.78. The molecule has 0 aliphatic carbocycles. The molecule has 0 bridgehead atoms. The number of aromatic nitrogens is 2. The minimum absolute atomic E-state index is 0.0990. The van der Waals surface area contributed by atoms with Gasteiger partial charge >= 0.3 is 0 Å². The fourth-order valence-corrected chi connectivity index (χ4v) is 2.24. The van der Waals surface area contributed by atoms with Gasteiger partial charge < -0.3 is 10.2 Å². The minimum atomic E-state index is -0.0990. The Kier molecular flexibility index (Phi) is 3.17. The second-order valence-corrected chi connectivity index (χ2v) is 4.41. The average Bonchev–Trinajstić information content (AvgIpc) is 2.85. The molecule has 0 spiro atoms. The lowest BCUT2D eigenvalue weighted by molar-refractivity contribution is -0.117. The van der Waals surface area contributed by atoms with Crippen LogP contribution in [0.2, 0.25) is 0 Å². The van der Waals surface area contributed by atoms with Crippen LogP contribution in [0.5, 0.6) is 0 Å². The minimum Gasteiger partial charge on any atom is -0.355 e. The molecule has 17 heavy (non-hydrogen) atoms. The largest absolute Gasteiger partial charge is 0.355 e. The molecule has 2 rings (SSSR count). The van der Waals surface area contributed by atoms with E-state index in [9.17, 15) is 4.79 Å². The number of rotatable bonds is 3. The van der Waals surface area contributed by atoms with E-state index >= 15 is 0 Å². The molecule has 0 aromatic carbocycles. The number of hydrogen-bond donors (Lipinski definition) is 1. The van der Waals surface area contributed by atoms with Crippen molar-refractivity contribution in [2.45, 2.75) is 19.4 Å². The molecule has 1 unspecified atom stereocenters. The van der Waals surface area contributed by atoms with Crippen molar-refractivity contribution in [1.29, 1.82) is 0 Å². The maximum Gasteiger partial charge on any atom is 0.243 e. The molecule has 1 saturated heterocycles. The van der Waals surface area contributed by atoms with E-state index < -0.39 is 0 Å². The molecular weight excluding hydrogens is 216 g/mol. The highest BCUT2D eigenvalue weighted by molar-refractivity contribution is 5.87. The van der Waals surface area contributed by atoms with Crippen LogP contribution >= 0.6 is 0 Å². The zero-order valence-electron chi connectivity index (χ0n) is 10.3. The summed E-state index contributed by atoms with van der Waals surface area (Å²) in [5, 5.41) is 7.26. The summed E-state index contributed by atoms with van der Waals surface area (Å²) in [6.45, 7) is 7.22. The van der Waals surface area contributed by atoms with Crippen molar-refractivity contribution in [3.63, 3.8) is 0 Å². The number of amides is 1. The van der Waals surface area contributed by atoms with Crippen LogP contribution < -0.4 is 10.2 Å².